The molecular formula is C15H23BrN2OS. The summed E-state index contributed by atoms with van der Waals surface area (Å²) in [6.45, 7) is 4.18. The largest absolute Gasteiger partial charge is 0.348 e. The molecule has 0 aliphatic heterocycles. The molecule has 0 spiro atoms. The van der Waals surface area contributed by atoms with Crippen molar-refractivity contribution >= 4 is 33.6 Å². The average molecular weight is 359 g/mol. The number of thioether (sulfide) groups is 1. The molecule has 1 aliphatic carbocycles. The van der Waals surface area contributed by atoms with E-state index in [0.29, 0.717) is 11.3 Å². The molecule has 1 aromatic rings. The first-order chi connectivity index (χ1) is 9.51. The number of hydrogen-bond donors (Lipinski definition) is 1. The number of carbonyl (C=O) groups is 1. The van der Waals surface area contributed by atoms with E-state index in [4.69, 9.17) is 0 Å². The maximum atomic E-state index is 12.5. The molecule has 1 fully saturated rings. The zero-order chi connectivity index (χ0) is 14.7. The van der Waals surface area contributed by atoms with E-state index in [1.807, 2.05) is 28.6 Å². The number of rotatable bonds is 4. The second-order valence-electron chi connectivity index (χ2n) is 5.74. The Morgan fingerprint density at radius 1 is 1.50 bits per heavy atom. The quantitative estimate of drug-likeness (QED) is 0.873. The maximum absolute atomic E-state index is 12.5. The van der Waals surface area contributed by atoms with E-state index in [9.17, 15) is 4.79 Å². The van der Waals surface area contributed by atoms with Gasteiger partial charge < -0.3 is 9.88 Å². The summed E-state index contributed by atoms with van der Waals surface area (Å²) in [6.07, 6.45) is 8.83. The zero-order valence-electron chi connectivity index (χ0n) is 12.4. The summed E-state index contributed by atoms with van der Waals surface area (Å²) in [6, 6.07) is 2.51. The third-order valence-electron chi connectivity index (χ3n) is 3.90. The molecule has 2 rings (SSSR count). The Morgan fingerprint density at radius 3 is 2.90 bits per heavy atom. The van der Waals surface area contributed by atoms with Crippen molar-refractivity contribution < 1.29 is 4.79 Å². The number of aromatic nitrogens is 1. The molecule has 0 saturated heterocycles. The van der Waals surface area contributed by atoms with Crippen LogP contribution in [0.5, 0.6) is 0 Å². The highest BCUT2D eigenvalue weighted by molar-refractivity contribution is 9.10. The van der Waals surface area contributed by atoms with Crippen molar-refractivity contribution in [3.63, 3.8) is 0 Å². The van der Waals surface area contributed by atoms with Crippen LogP contribution >= 0.6 is 27.7 Å². The highest BCUT2D eigenvalue weighted by Gasteiger charge is 2.24. The monoisotopic (exact) mass is 358 g/mol. The fraction of sp³-hybridized carbons (Fsp3) is 0.667. The van der Waals surface area contributed by atoms with Crippen LogP contribution in [-0.2, 0) is 0 Å². The molecule has 2 unspecified atom stereocenters. The summed E-state index contributed by atoms with van der Waals surface area (Å²) >= 11 is 5.38. The lowest BCUT2D eigenvalue weighted by Gasteiger charge is -2.28. The van der Waals surface area contributed by atoms with Gasteiger partial charge in [0, 0.05) is 28.0 Å². The Morgan fingerprint density at radius 2 is 2.25 bits per heavy atom. The fourth-order valence-corrected chi connectivity index (χ4v) is 4.07. The first-order valence-electron chi connectivity index (χ1n) is 7.22. The standard InChI is InChI=1S/C15H23BrN2OS/c1-10(2)18-9-11(16)7-14(18)15(19)17-12-5-4-6-13(8-12)20-3/h7,9-10,12-13H,4-6,8H2,1-3H3,(H,17,19). The van der Waals surface area contributed by atoms with Crippen molar-refractivity contribution in [3.05, 3.63) is 22.4 Å². The summed E-state index contributed by atoms with van der Waals surface area (Å²) in [4.78, 5) is 12.5. The van der Waals surface area contributed by atoms with Crippen LogP contribution in [0.3, 0.4) is 0 Å². The van der Waals surface area contributed by atoms with Gasteiger partial charge in [-0.05, 0) is 61.4 Å². The van der Waals surface area contributed by atoms with E-state index < -0.39 is 0 Å². The first-order valence-corrected chi connectivity index (χ1v) is 9.30. The minimum absolute atomic E-state index is 0.0520. The smallest absolute Gasteiger partial charge is 0.268 e. The van der Waals surface area contributed by atoms with Crippen molar-refractivity contribution in [1.29, 1.82) is 0 Å². The number of nitrogens with one attached hydrogen (secondary N) is 1. The maximum Gasteiger partial charge on any atom is 0.268 e. The van der Waals surface area contributed by atoms with Crippen LogP contribution in [0.2, 0.25) is 0 Å². The fourth-order valence-electron chi connectivity index (χ4n) is 2.80. The van der Waals surface area contributed by atoms with Crippen LogP contribution < -0.4 is 5.32 Å². The van der Waals surface area contributed by atoms with Gasteiger partial charge in [-0.2, -0.15) is 11.8 Å². The van der Waals surface area contributed by atoms with Crippen molar-refractivity contribution in [2.75, 3.05) is 6.26 Å². The molecule has 0 aromatic carbocycles. The Hall–Kier alpha value is -0.420. The zero-order valence-corrected chi connectivity index (χ0v) is 14.8. The van der Waals surface area contributed by atoms with Crippen molar-refractivity contribution in [2.24, 2.45) is 0 Å². The predicted octanol–water partition coefficient (Wildman–Crippen LogP) is 4.24. The third-order valence-corrected chi connectivity index (χ3v) is 5.43. The molecule has 1 aromatic heterocycles. The lowest BCUT2D eigenvalue weighted by atomic mass is 9.95. The van der Waals surface area contributed by atoms with Gasteiger partial charge in [0.05, 0.1) is 0 Å². The Labute approximate surface area is 134 Å². The summed E-state index contributed by atoms with van der Waals surface area (Å²) in [5.41, 5.74) is 0.748. The molecule has 1 aliphatic rings. The van der Waals surface area contributed by atoms with E-state index in [1.54, 1.807) is 0 Å². The van der Waals surface area contributed by atoms with E-state index in [-0.39, 0.29) is 11.9 Å². The van der Waals surface area contributed by atoms with Crippen molar-refractivity contribution in [3.8, 4) is 0 Å². The van der Waals surface area contributed by atoms with Gasteiger partial charge in [0.25, 0.3) is 5.91 Å². The van der Waals surface area contributed by atoms with Gasteiger partial charge in [0.2, 0.25) is 0 Å². The second-order valence-corrected chi connectivity index (χ2v) is 7.79. The molecular weight excluding hydrogens is 336 g/mol. The third kappa shape index (κ3) is 3.82. The lowest BCUT2D eigenvalue weighted by molar-refractivity contribution is 0.0917. The normalized spacial score (nSPS) is 23.1. The number of hydrogen-bond acceptors (Lipinski definition) is 2. The van der Waals surface area contributed by atoms with Gasteiger partial charge in [-0.3, -0.25) is 4.79 Å². The van der Waals surface area contributed by atoms with Crippen molar-refractivity contribution in [2.45, 2.75) is 56.9 Å². The number of halogens is 1. The van der Waals surface area contributed by atoms with E-state index in [2.05, 4.69) is 41.3 Å². The van der Waals surface area contributed by atoms with Crippen LogP contribution in [0.1, 0.15) is 56.1 Å². The predicted molar refractivity (Wildman–Crippen MR) is 89.5 cm³/mol. The van der Waals surface area contributed by atoms with E-state index in [0.717, 1.165) is 23.0 Å². The summed E-state index contributed by atoms with van der Waals surface area (Å²) in [5.74, 6) is 0.0520. The molecule has 5 heteroatoms. The molecule has 1 heterocycles. The van der Waals surface area contributed by atoms with E-state index >= 15 is 0 Å². The molecule has 0 radical (unpaired) electrons. The summed E-state index contributed by atoms with van der Waals surface area (Å²) in [5, 5.41) is 3.91. The lowest BCUT2D eigenvalue weighted by Crippen LogP contribution is -2.39. The summed E-state index contributed by atoms with van der Waals surface area (Å²) in [7, 11) is 0. The highest BCUT2D eigenvalue weighted by atomic mass is 79.9. The Balaban J connectivity index is 2.04. The summed E-state index contributed by atoms with van der Waals surface area (Å²) < 4.78 is 2.98. The molecule has 20 heavy (non-hydrogen) atoms. The Kier molecular flexibility index (Phi) is 5.61. The molecule has 1 amide bonds. The highest BCUT2D eigenvalue weighted by Crippen LogP contribution is 2.27. The van der Waals surface area contributed by atoms with Crippen LogP contribution in [0.4, 0.5) is 0 Å². The molecule has 3 nitrogen and oxygen atoms in total. The SMILES string of the molecule is CSC1CCCC(NC(=O)c2cc(Br)cn2C(C)C)C1. The van der Waals surface area contributed by atoms with Gasteiger partial charge in [0.1, 0.15) is 5.69 Å². The molecule has 1 saturated carbocycles. The van der Waals surface area contributed by atoms with E-state index in [1.165, 1.54) is 12.8 Å². The first kappa shape index (κ1) is 16.0. The van der Waals surface area contributed by atoms with Crippen LogP contribution in [0.15, 0.2) is 16.7 Å². The van der Waals surface area contributed by atoms with Gasteiger partial charge in [-0.1, -0.05) is 6.42 Å². The molecule has 1 N–H and O–H groups in total. The van der Waals surface area contributed by atoms with Crippen LogP contribution in [0, 0.1) is 0 Å². The van der Waals surface area contributed by atoms with Gasteiger partial charge in [0.15, 0.2) is 0 Å². The average Bonchev–Trinajstić information content (AvgIpc) is 2.81. The second kappa shape index (κ2) is 7.03. The van der Waals surface area contributed by atoms with Gasteiger partial charge >= 0.3 is 0 Å². The number of amides is 1. The Bertz CT molecular complexity index is 472. The van der Waals surface area contributed by atoms with Crippen molar-refractivity contribution in [1.82, 2.24) is 9.88 Å². The molecule has 0 bridgehead atoms. The number of carbonyl (C=O) groups excluding carboxylic acids is 1. The van der Waals surface area contributed by atoms with Gasteiger partial charge in [-0.15, -0.1) is 0 Å². The van der Waals surface area contributed by atoms with Crippen LogP contribution in [-0.4, -0.2) is 28.0 Å². The van der Waals surface area contributed by atoms with Gasteiger partial charge in [-0.25, -0.2) is 0 Å². The number of nitrogens with zero attached hydrogens (tertiary/aromatic N) is 1. The molecule has 2 atom stereocenters. The molecule has 112 valence electrons. The minimum Gasteiger partial charge on any atom is -0.348 e. The van der Waals surface area contributed by atoms with Crippen LogP contribution in [0.25, 0.3) is 0 Å². The minimum atomic E-state index is 0.0520. The topological polar surface area (TPSA) is 34.0 Å².